The molecular formula is C28H37F7N8O2. The Morgan fingerprint density at radius 3 is 2.36 bits per heavy atom. The van der Waals surface area contributed by atoms with Crippen LogP contribution in [0.5, 0.6) is 0 Å². The van der Waals surface area contributed by atoms with Gasteiger partial charge in [-0.1, -0.05) is 20.8 Å². The number of carbonyl (C=O) groups is 1. The van der Waals surface area contributed by atoms with E-state index >= 15 is 0 Å². The fourth-order valence-electron chi connectivity index (χ4n) is 5.16. The van der Waals surface area contributed by atoms with E-state index < -0.39 is 30.0 Å². The number of alkyl halides is 7. The quantitative estimate of drug-likeness (QED) is 0.235. The highest BCUT2D eigenvalue weighted by molar-refractivity contribution is 5.96. The zero-order chi connectivity index (χ0) is 33.2. The Balaban J connectivity index is 0.000000713. The van der Waals surface area contributed by atoms with Gasteiger partial charge in [-0.05, 0) is 38.2 Å². The maximum atomic E-state index is 14.8. The van der Waals surface area contributed by atoms with Crippen LogP contribution in [-0.4, -0.2) is 91.3 Å². The monoisotopic (exact) mass is 650 g/mol. The molecule has 3 aromatic rings. The molecule has 45 heavy (non-hydrogen) atoms. The number of fused-ring (bicyclic) bond motifs is 1. The molecule has 250 valence electrons. The van der Waals surface area contributed by atoms with E-state index in [1.165, 1.54) is 22.0 Å². The van der Waals surface area contributed by atoms with Crippen molar-refractivity contribution >= 4 is 28.4 Å². The summed E-state index contributed by atoms with van der Waals surface area (Å²) in [5.41, 5.74) is -0.179. The van der Waals surface area contributed by atoms with Gasteiger partial charge in [0.25, 0.3) is 0 Å². The molecule has 0 spiro atoms. The van der Waals surface area contributed by atoms with Crippen molar-refractivity contribution < 1.29 is 40.6 Å². The molecule has 3 N–H and O–H groups in total. The van der Waals surface area contributed by atoms with E-state index in [1.54, 1.807) is 11.0 Å². The highest BCUT2D eigenvalue weighted by atomic mass is 19.4. The van der Waals surface area contributed by atoms with Crippen LogP contribution in [0.1, 0.15) is 52.9 Å². The number of urea groups is 1. The summed E-state index contributed by atoms with van der Waals surface area (Å²) in [5.74, 6) is -1.08. The minimum atomic E-state index is -4.28. The predicted octanol–water partition coefficient (Wildman–Crippen LogP) is 6.30. The van der Waals surface area contributed by atoms with E-state index in [0.29, 0.717) is 53.2 Å². The van der Waals surface area contributed by atoms with Crippen LogP contribution in [-0.2, 0) is 6.54 Å². The van der Waals surface area contributed by atoms with Crippen molar-refractivity contribution in [1.82, 2.24) is 29.9 Å². The summed E-state index contributed by atoms with van der Waals surface area (Å²) in [6.07, 6.45) is 1.71. The normalized spacial score (nSPS) is 18.0. The van der Waals surface area contributed by atoms with Crippen LogP contribution in [0.2, 0.25) is 0 Å². The van der Waals surface area contributed by atoms with Crippen LogP contribution in [0.15, 0.2) is 18.5 Å². The van der Waals surface area contributed by atoms with Crippen molar-refractivity contribution in [3.05, 3.63) is 18.5 Å². The van der Waals surface area contributed by atoms with Crippen LogP contribution in [0.25, 0.3) is 22.3 Å². The van der Waals surface area contributed by atoms with Crippen molar-refractivity contribution in [3.8, 4) is 11.4 Å². The second kappa shape index (κ2) is 13.4. The number of aliphatic hydroxyl groups is 1. The number of aromatic nitrogens is 5. The zero-order valence-corrected chi connectivity index (χ0v) is 25.1. The molecule has 6 rings (SSSR count). The fourth-order valence-corrected chi connectivity index (χ4v) is 5.16. The van der Waals surface area contributed by atoms with Gasteiger partial charge in [-0.15, -0.1) is 0 Å². The van der Waals surface area contributed by atoms with Gasteiger partial charge in [0.05, 0.1) is 53.1 Å². The summed E-state index contributed by atoms with van der Waals surface area (Å²) in [5, 5.41) is 24.7. The lowest BCUT2D eigenvalue weighted by Crippen LogP contribution is -2.53. The minimum Gasteiger partial charge on any atom is -0.394 e. The molecule has 0 atom stereocenters. The molecule has 2 amide bonds. The number of aromatic amines is 1. The zero-order valence-electron chi connectivity index (χ0n) is 25.1. The lowest BCUT2D eigenvalue weighted by molar-refractivity contribution is -0.180. The number of hydrogen-bond donors (Lipinski definition) is 3. The fraction of sp³-hybridized carbons (Fsp3) is 0.643. The molecule has 1 saturated heterocycles. The molecule has 0 aromatic carbocycles. The van der Waals surface area contributed by atoms with Crippen molar-refractivity contribution in [3.63, 3.8) is 0 Å². The number of H-pyrrole nitrogens is 1. The molecule has 0 radical (unpaired) electrons. The van der Waals surface area contributed by atoms with Gasteiger partial charge in [0.15, 0.2) is 5.82 Å². The first kappa shape index (κ1) is 34.2. The van der Waals surface area contributed by atoms with Crippen LogP contribution >= 0.6 is 0 Å². The third kappa shape index (κ3) is 7.61. The van der Waals surface area contributed by atoms with Crippen LogP contribution < -0.4 is 10.2 Å². The summed E-state index contributed by atoms with van der Waals surface area (Å²) in [6.45, 7) is 2.24. The van der Waals surface area contributed by atoms with E-state index in [-0.39, 0.29) is 32.3 Å². The maximum absolute atomic E-state index is 14.8. The van der Waals surface area contributed by atoms with Gasteiger partial charge in [0, 0.05) is 25.8 Å². The number of carbonyl (C=O) groups excluding carboxylic acids is 1. The van der Waals surface area contributed by atoms with E-state index in [4.69, 9.17) is 0 Å². The molecule has 1 aliphatic heterocycles. The van der Waals surface area contributed by atoms with Gasteiger partial charge >= 0.3 is 18.9 Å². The first-order valence-corrected chi connectivity index (χ1v) is 14.8. The summed E-state index contributed by atoms with van der Waals surface area (Å²) in [7, 11) is 0. The first-order valence-electron chi connectivity index (χ1n) is 14.8. The largest absolute Gasteiger partial charge is 0.395 e. The molecule has 3 fully saturated rings. The van der Waals surface area contributed by atoms with E-state index in [0.717, 1.165) is 19.3 Å². The Hall–Kier alpha value is -3.63. The van der Waals surface area contributed by atoms with Gasteiger partial charge < -0.3 is 20.2 Å². The molecule has 3 aromatic heterocycles. The molecule has 2 aliphatic carbocycles. The van der Waals surface area contributed by atoms with Crippen LogP contribution in [0.3, 0.4) is 0 Å². The van der Waals surface area contributed by atoms with Crippen molar-refractivity contribution in [1.29, 1.82) is 0 Å². The van der Waals surface area contributed by atoms with Crippen molar-refractivity contribution in [2.45, 2.75) is 83.5 Å². The highest BCUT2D eigenvalue weighted by Gasteiger charge is 2.50. The Morgan fingerprint density at radius 2 is 1.82 bits per heavy atom. The van der Waals surface area contributed by atoms with Gasteiger partial charge in [0.2, 0.25) is 0 Å². The molecule has 0 unspecified atom stereocenters. The summed E-state index contributed by atoms with van der Waals surface area (Å²) in [6, 6.07) is 1.33. The predicted molar refractivity (Wildman–Crippen MR) is 153 cm³/mol. The third-order valence-corrected chi connectivity index (χ3v) is 8.01. The van der Waals surface area contributed by atoms with E-state index in [1.807, 2.05) is 20.8 Å². The topological polar surface area (TPSA) is 115 Å². The molecule has 10 nitrogen and oxygen atoms in total. The highest BCUT2D eigenvalue weighted by Crippen LogP contribution is 2.44. The number of rotatable bonds is 9. The van der Waals surface area contributed by atoms with E-state index in [9.17, 15) is 40.6 Å². The number of halogens is 7. The number of nitrogens with one attached hydrogen (secondary N) is 2. The molecular weight excluding hydrogens is 613 g/mol. The van der Waals surface area contributed by atoms with Crippen molar-refractivity contribution in [2.75, 3.05) is 36.5 Å². The first-order chi connectivity index (χ1) is 21.3. The molecule has 2 saturated carbocycles. The van der Waals surface area contributed by atoms with Gasteiger partial charge in [0.1, 0.15) is 11.4 Å². The summed E-state index contributed by atoms with van der Waals surface area (Å²) in [4.78, 5) is 20.9. The van der Waals surface area contributed by atoms with Crippen LogP contribution in [0.4, 0.5) is 47.0 Å². The van der Waals surface area contributed by atoms with Crippen LogP contribution in [0, 0.1) is 5.92 Å². The standard InChI is InChI=1S/C25H30F4N8O2.C2H6.CHF3/c1-2-7-36(24(14-38)5-6-24)22(39)32-18-10-31-33-20(18)17-8-19-16(9-30-17)21(34-37(19)13-23(26)3-4-23)35-11-15(12-35)25(27,28)29;1-2;2-1(3)4/h8-10,15,38H,2-7,11-14H2,1H3,(H,31,33)(H,32,39);1-2H3;1H. The smallest absolute Gasteiger partial charge is 0.394 e. The second-order valence-electron chi connectivity index (χ2n) is 11.2. The Labute approximate surface area is 255 Å². The second-order valence-corrected chi connectivity index (χ2v) is 11.2. The minimum absolute atomic E-state index is 0.00865. The Bertz CT molecular complexity index is 1440. The number of nitrogens with zero attached hydrogens (tertiary/aromatic N) is 6. The average Bonchev–Trinajstić information content (AvgIpc) is 3.82. The van der Waals surface area contributed by atoms with Gasteiger partial charge in [-0.3, -0.25) is 14.8 Å². The maximum Gasteiger partial charge on any atom is 0.395 e. The summed E-state index contributed by atoms with van der Waals surface area (Å²) >= 11 is 0. The van der Waals surface area contributed by atoms with Crippen molar-refractivity contribution in [2.24, 2.45) is 5.92 Å². The lowest BCUT2D eigenvalue weighted by Gasteiger charge is -2.40. The summed E-state index contributed by atoms with van der Waals surface area (Å²) < 4.78 is 84.5. The number of anilines is 2. The Kier molecular flexibility index (Phi) is 10.2. The number of hydrogen-bond acceptors (Lipinski definition) is 6. The van der Waals surface area contributed by atoms with Gasteiger partial charge in [-0.25, -0.2) is 9.18 Å². The molecule has 4 heterocycles. The van der Waals surface area contributed by atoms with E-state index in [2.05, 4.69) is 25.6 Å². The average molecular weight is 651 g/mol. The SMILES string of the molecule is CC.CCCN(C(=O)Nc1cn[nH]c1-c1cc2c(cn1)c(N1CC(C(F)(F)F)C1)nn2CC1(F)CC1)C1(CO)CC1.FC(F)F. The molecule has 17 heteroatoms. The Morgan fingerprint density at radius 1 is 1.18 bits per heavy atom. The lowest BCUT2D eigenvalue weighted by atomic mass is 9.99. The molecule has 0 bridgehead atoms. The number of pyridine rings is 1. The number of aliphatic hydroxyl groups excluding tert-OH is 1. The number of amides is 2. The third-order valence-electron chi connectivity index (χ3n) is 8.01. The van der Waals surface area contributed by atoms with Gasteiger partial charge in [-0.2, -0.15) is 36.5 Å². The molecule has 3 aliphatic rings.